The van der Waals surface area contributed by atoms with Crippen molar-refractivity contribution in [3.63, 3.8) is 0 Å². The maximum atomic E-state index is 8.03. The first-order chi connectivity index (χ1) is 4.81. The lowest BCUT2D eigenvalue weighted by molar-refractivity contribution is 0.156. The van der Waals surface area contributed by atoms with Crippen LogP contribution in [0.2, 0.25) is 0 Å². The fourth-order valence-corrected chi connectivity index (χ4v) is 0.303. The SMILES string of the molecule is CCOC/N=C(\N)NC#N. The van der Waals surface area contributed by atoms with E-state index in [-0.39, 0.29) is 12.7 Å². The zero-order valence-corrected chi connectivity index (χ0v) is 5.79. The molecule has 56 valence electrons. The second-order valence-electron chi connectivity index (χ2n) is 1.40. The molecule has 5 nitrogen and oxygen atoms in total. The van der Waals surface area contributed by atoms with Gasteiger partial charge in [-0.15, -0.1) is 0 Å². The fraction of sp³-hybridized carbons (Fsp3) is 0.600. The average molecular weight is 142 g/mol. The summed E-state index contributed by atoms with van der Waals surface area (Å²) in [5, 5.41) is 10.2. The van der Waals surface area contributed by atoms with E-state index in [4.69, 9.17) is 15.7 Å². The van der Waals surface area contributed by atoms with Gasteiger partial charge in [0.25, 0.3) is 0 Å². The van der Waals surface area contributed by atoms with Crippen molar-refractivity contribution in [2.75, 3.05) is 13.3 Å². The molecule has 0 aliphatic rings. The van der Waals surface area contributed by atoms with Gasteiger partial charge in [0.15, 0.2) is 6.19 Å². The van der Waals surface area contributed by atoms with E-state index in [2.05, 4.69) is 10.3 Å². The molecule has 3 N–H and O–H groups in total. The summed E-state index contributed by atoms with van der Waals surface area (Å²) in [5.74, 6) is 0.0796. The van der Waals surface area contributed by atoms with Crippen LogP contribution in [0, 0.1) is 11.5 Å². The van der Waals surface area contributed by atoms with Crippen molar-refractivity contribution in [2.45, 2.75) is 6.92 Å². The first-order valence-electron chi connectivity index (χ1n) is 2.84. The van der Waals surface area contributed by atoms with Gasteiger partial charge in [0.1, 0.15) is 6.73 Å². The molecule has 5 heteroatoms. The zero-order chi connectivity index (χ0) is 7.82. The predicted octanol–water partition coefficient (Wildman–Crippen LogP) is -0.634. The smallest absolute Gasteiger partial charge is 0.204 e. The molecule has 0 aromatic rings. The Morgan fingerprint density at radius 1 is 1.90 bits per heavy atom. The predicted molar refractivity (Wildman–Crippen MR) is 36.9 cm³/mol. The lowest BCUT2D eigenvalue weighted by atomic mass is 10.9. The Morgan fingerprint density at radius 3 is 3.10 bits per heavy atom. The fourth-order valence-electron chi connectivity index (χ4n) is 0.303. The molecule has 0 saturated carbocycles. The van der Waals surface area contributed by atoms with Crippen molar-refractivity contribution in [1.82, 2.24) is 5.32 Å². The maximum Gasteiger partial charge on any atom is 0.204 e. The first kappa shape index (κ1) is 8.72. The molecule has 0 atom stereocenters. The third-order valence-corrected chi connectivity index (χ3v) is 0.714. The Balaban J connectivity index is 3.40. The summed E-state index contributed by atoms with van der Waals surface area (Å²) < 4.78 is 4.83. The van der Waals surface area contributed by atoms with Crippen molar-refractivity contribution < 1.29 is 4.74 Å². The molecule has 0 amide bonds. The van der Waals surface area contributed by atoms with E-state index in [9.17, 15) is 0 Å². The Kier molecular flexibility index (Phi) is 5.10. The quantitative estimate of drug-likeness (QED) is 0.180. The van der Waals surface area contributed by atoms with Crippen LogP contribution in [0.5, 0.6) is 0 Å². The number of rotatable bonds is 3. The molecule has 0 heterocycles. The molecule has 0 bridgehead atoms. The van der Waals surface area contributed by atoms with Crippen molar-refractivity contribution in [3.8, 4) is 6.19 Å². The number of nitriles is 1. The third-order valence-electron chi connectivity index (χ3n) is 0.714. The van der Waals surface area contributed by atoms with Gasteiger partial charge in [-0.3, -0.25) is 5.32 Å². The molecule has 0 unspecified atom stereocenters. The standard InChI is InChI=1S/C5H10N4O/c1-2-10-4-9-5(7)8-3-6/h2,4H2,1H3,(H3,7,8,9). The van der Waals surface area contributed by atoms with Crippen molar-refractivity contribution in [1.29, 1.82) is 5.26 Å². The van der Waals surface area contributed by atoms with Crippen LogP contribution in [0.25, 0.3) is 0 Å². The highest BCUT2D eigenvalue weighted by molar-refractivity contribution is 5.79. The van der Waals surface area contributed by atoms with Crippen LogP contribution in [0.15, 0.2) is 4.99 Å². The lowest BCUT2D eigenvalue weighted by Gasteiger charge is -1.95. The van der Waals surface area contributed by atoms with Gasteiger partial charge in [0.05, 0.1) is 0 Å². The molecule has 0 radical (unpaired) electrons. The minimum Gasteiger partial charge on any atom is -0.369 e. The second kappa shape index (κ2) is 5.85. The third kappa shape index (κ3) is 4.87. The minimum atomic E-state index is 0.0796. The van der Waals surface area contributed by atoms with Gasteiger partial charge in [-0.1, -0.05) is 0 Å². The van der Waals surface area contributed by atoms with E-state index in [1.807, 2.05) is 6.92 Å². The molecular weight excluding hydrogens is 132 g/mol. The van der Waals surface area contributed by atoms with Crippen LogP contribution >= 0.6 is 0 Å². The molecule has 0 aromatic carbocycles. The molecule has 10 heavy (non-hydrogen) atoms. The number of hydrogen-bond donors (Lipinski definition) is 2. The van der Waals surface area contributed by atoms with E-state index in [0.29, 0.717) is 6.61 Å². The van der Waals surface area contributed by atoms with Crippen LogP contribution in [0.3, 0.4) is 0 Å². The monoisotopic (exact) mass is 142 g/mol. The number of ether oxygens (including phenoxy) is 1. The van der Waals surface area contributed by atoms with Crippen molar-refractivity contribution in [3.05, 3.63) is 0 Å². The van der Waals surface area contributed by atoms with E-state index in [1.165, 1.54) is 0 Å². The minimum absolute atomic E-state index is 0.0796. The molecule has 0 spiro atoms. The number of aliphatic imine (C=N–C) groups is 1. The number of hydrogen-bond acceptors (Lipinski definition) is 3. The molecule has 0 saturated heterocycles. The van der Waals surface area contributed by atoms with Crippen LogP contribution in [0.4, 0.5) is 0 Å². The molecular formula is C5H10N4O. The van der Waals surface area contributed by atoms with Gasteiger partial charge in [0, 0.05) is 6.61 Å². The van der Waals surface area contributed by atoms with E-state index < -0.39 is 0 Å². The maximum absolute atomic E-state index is 8.03. The highest BCUT2D eigenvalue weighted by Gasteiger charge is 1.84. The van der Waals surface area contributed by atoms with Gasteiger partial charge in [-0.25, -0.2) is 4.99 Å². The Morgan fingerprint density at radius 2 is 2.60 bits per heavy atom. The largest absolute Gasteiger partial charge is 0.369 e. The first-order valence-corrected chi connectivity index (χ1v) is 2.84. The second-order valence-corrected chi connectivity index (χ2v) is 1.40. The Labute approximate surface area is 59.5 Å². The number of guanidine groups is 1. The summed E-state index contributed by atoms with van der Waals surface area (Å²) in [5.41, 5.74) is 5.16. The summed E-state index contributed by atoms with van der Waals surface area (Å²) >= 11 is 0. The molecule has 0 aromatic heterocycles. The summed E-state index contributed by atoms with van der Waals surface area (Å²) in [7, 11) is 0. The van der Waals surface area contributed by atoms with Crippen LogP contribution in [-0.2, 0) is 4.74 Å². The van der Waals surface area contributed by atoms with E-state index in [0.717, 1.165) is 0 Å². The van der Waals surface area contributed by atoms with E-state index in [1.54, 1.807) is 6.19 Å². The average Bonchev–Trinajstić information content (AvgIpc) is 1.89. The van der Waals surface area contributed by atoms with Gasteiger partial charge in [-0.05, 0) is 6.92 Å². The highest BCUT2D eigenvalue weighted by Crippen LogP contribution is 1.72. The van der Waals surface area contributed by atoms with Gasteiger partial charge < -0.3 is 10.5 Å². The summed E-state index contributed by atoms with van der Waals surface area (Å²) in [6, 6.07) is 0. The van der Waals surface area contributed by atoms with Crippen LogP contribution in [-0.4, -0.2) is 19.3 Å². The lowest BCUT2D eigenvalue weighted by Crippen LogP contribution is -2.27. The van der Waals surface area contributed by atoms with E-state index >= 15 is 0 Å². The van der Waals surface area contributed by atoms with Crippen molar-refractivity contribution in [2.24, 2.45) is 10.7 Å². The molecule has 0 aliphatic carbocycles. The van der Waals surface area contributed by atoms with Crippen LogP contribution < -0.4 is 11.1 Å². The Hall–Kier alpha value is -1.28. The summed E-state index contributed by atoms with van der Waals surface area (Å²) in [6.45, 7) is 2.63. The summed E-state index contributed by atoms with van der Waals surface area (Å²) in [4.78, 5) is 3.64. The Bertz CT molecular complexity index is 148. The highest BCUT2D eigenvalue weighted by atomic mass is 16.5. The molecule has 0 aliphatic heterocycles. The molecule has 0 fully saturated rings. The normalized spacial score (nSPS) is 10.6. The number of nitrogens with two attached hydrogens (primary N) is 1. The number of nitrogens with zero attached hydrogens (tertiary/aromatic N) is 2. The van der Waals surface area contributed by atoms with Gasteiger partial charge in [-0.2, -0.15) is 5.26 Å². The summed E-state index contributed by atoms with van der Waals surface area (Å²) in [6.07, 6.45) is 1.63. The topological polar surface area (TPSA) is 83.4 Å². The van der Waals surface area contributed by atoms with Gasteiger partial charge >= 0.3 is 0 Å². The van der Waals surface area contributed by atoms with Crippen molar-refractivity contribution >= 4 is 5.96 Å². The number of nitrogens with one attached hydrogen (secondary N) is 1. The van der Waals surface area contributed by atoms with Gasteiger partial charge in [0.2, 0.25) is 5.96 Å². The van der Waals surface area contributed by atoms with Crippen LogP contribution in [0.1, 0.15) is 6.92 Å². The zero-order valence-electron chi connectivity index (χ0n) is 5.79. The molecule has 0 rings (SSSR count).